The van der Waals surface area contributed by atoms with Crippen molar-refractivity contribution in [2.75, 3.05) is 27.1 Å². The Bertz CT molecular complexity index is 210. The van der Waals surface area contributed by atoms with Crippen molar-refractivity contribution in [3.63, 3.8) is 0 Å². The summed E-state index contributed by atoms with van der Waals surface area (Å²) in [5, 5.41) is 0. The first-order valence-electron chi connectivity index (χ1n) is 4.40. The van der Waals surface area contributed by atoms with Crippen LogP contribution in [0.1, 0.15) is 6.92 Å². The quantitative estimate of drug-likeness (QED) is 0.421. The van der Waals surface area contributed by atoms with E-state index in [2.05, 4.69) is 14.2 Å². The molecule has 0 aromatic carbocycles. The Kier molecular flexibility index (Phi) is 5.69. The van der Waals surface area contributed by atoms with E-state index >= 15 is 0 Å². The lowest BCUT2D eigenvalue weighted by molar-refractivity contribution is -0.386. The summed E-state index contributed by atoms with van der Waals surface area (Å²) in [6, 6.07) is 0. The summed E-state index contributed by atoms with van der Waals surface area (Å²) < 4.78 is 86.2. The highest BCUT2D eigenvalue weighted by atomic mass is 19.4. The molecule has 0 fully saturated rings. The Labute approximate surface area is 93.6 Å². The molecule has 0 radical (unpaired) electrons. The zero-order valence-electron chi connectivity index (χ0n) is 9.11. The van der Waals surface area contributed by atoms with E-state index in [1.807, 2.05) is 0 Å². The molecule has 0 saturated carbocycles. The van der Waals surface area contributed by atoms with Gasteiger partial charge in [0.05, 0.1) is 13.2 Å². The van der Waals surface area contributed by atoms with Crippen molar-refractivity contribution in [3.05, 3.63) is 0 Å². The Morgan fingerprint density at radius 2 is 1.35 bits per heavy atom. The van der Waals surface area contributed by atoms with Crippen LogP contribution in [0.2, 0.25) is 0 Å². The molecule has 0 aromatic rings. The molecule has 0 bridgehead atoms. The minimum atomic E-state index is -5.57. The Morgan fingerprint density at radius 1 is 0.882 bits per heavy atom. The highest BCUT2D eigenvalue weighted by molar-refractivity contribution is 4.91. The van der Waals surface area contributed by atoms with Crippen LogP contribution in [0.3, 0.4) is 0 Å². The first-order chi connectivity index (χ1) is 7.56. The highest BCUT2D eigenvalue weighted by Crippen LogP contribution is 2.45. The van der Waals surface area contributed by atoms with Crippen LogP contribution in [0.4, 0.5) is 26.3 Å². The van der Waals surface area contributed by atoms with Gasteiger partial charge in [-0.3, -0.25) is 0 Å². The molecule has 0 atom stereocenters. The fourth-order valence-electron chi connectivity index (χ4n) is 0.685. The van der Waals surface area contributed by atoms with Crippen molar-refractivity contribution < 1.29 is 40.6 Å². The standard InChI is InChI=1S/C8H12F6O3/c1-6(7(9,10)11,8(12,13)14)17-5-16-4-3-15-2/h3-5H2,1-2H3. The van der Waals surface area contributed by atoms with Crippen molar-refractivity contribution in [2.45, 2.75) is 24.9 Å². The molecule has 3 nitrogen and oxygen atoms in total. The molecular weight excluding hydrogens is 258 g/mol. The molecule has 0 spiro atoms. The maximum atomic E-state index is 12.3. The molecule has 0 heterocycles. The average Bonchev–Trinajstić information content (AvgIpc) is 2.13. The first kappa shape index (κ1) is 16.5. The van der Waals surface area contributed by atoms with E-state index in [0.29, 0.717) is 0 Å². The molecule has 0 rings (SSSR count). The van der Waals surface area contributed by atoms with Crippen LogP contribution in [0.15, 0.2) is 0 Å². The van der Waals surface area contributed by atoms with Crippen LogP contribution in [-0.2, 0) is 14.2 Å². The largest absolute Gasteiger partial charge is 0.426 e. The summed E-state index contributed by atoms with van der Waals surface area (Å²) in [6.07, 6.45) is -11.1. The number of ether oxygens (including phenoxy) is 3. The van der Waals surface area contributed by atoms with Gasteiger partial charge in [-0.1, -0.05) is 0 Å². The Hall–Kier alpha value is -0.540. The predicted molar refractivity (Wildman–Crippen MR) is 44.3 cm³/mol. The lowest BCUT2D eigenvalue weighted by atomic mass is 10.1. The van der Waals surface area contributed by atoms with E-state index in [1.54, 1.807) is 0 Å². The molecule has 0 saturated heterocycles. The number of rotatable bonds is 6. The number of alkyl halides is 6. The van der Waals surface area contributed by atoms with Crippen LogP contribution in [0, 0.1) is 0 Å². The molecule has 0 aliphatic carbocycles. The first-order valence-corrected chi connectivity index (χ1v) is 4.40. The third-order valence-corrected chi connectivity index (χ3v) is 1.94. The second-order valence-electron chi connectivity index (χ2n) is 3.19. The normalized spacial score (nSPS) is 14.1. The average molecular weight is 270 g/mol. The lowest BCUT2D eigenvalue weighted by Crippen LogP contribution is -2.56. The molecular formula is C8H12F6O3. The van der Waals surface area contributed by atoms with Gasteiger partial charge in [0.1, 0.15) is 6.79 Å². The molecule has 0 amide bonds. The molecule has 0 aromatic heterocycles. The summed E-state index contributed by atoms with van der Waals surface area (Å²) in [7, 11) is 1.31. The molecule has 0 aliphatic rings. The monoisotopic (exact) mass is 270 g/mol. The van der Waals surface area contributed by atoms with Gasteiger partial charge in [-0.15, -0.1) is 0 Å². The van der Waals surface area contributed by atoms with Crippen LogP contribution in [0.5, 0.6) is 0 Å². The van der Waals surface area contributed by atoms with Crippen molar-refractivity contribution in [2.24, 2.45) is 0 Å². The van der Waals surface area contributed by atoms with E-state index in [-0.39, 0.29) is 20.1 Å². The maximum absolute atomic E-state index is 12.3. The van der Waals surface area contributed by atoms with Gasteiger partial charge in [0.25, 0.3) is 5.60 Å². The van der Waals surface area contributed by atoms with Gasteiger partial charge in [0.15, 0.2) is 0 Å². The van der Waals surface area contributed by atoms with E-state index in [1.165, 1.54) is 7.11 Å². The summed E-state index contributed by atoms with van der Waals surface area (Å²) in [5.74, 6) is 0. The van der Waals surface area contributed by atoms with Gasteiger partial charge in [-0.05, 0) is 6.92 Å². The van der Waals surface area contributed by atoms with E-state index < -0.39 is 24.7 Å². The number of halogens is 6. The number of methoxy groups -OCH3 is 1. The fraction of sp³-hybridized carbons (Fsp3) is 1.00. The molecule has 9 heteroatoms. The fourth-order valence-corrected chi connectivity index (χ4v) is 0.685. The third kappa shape index (κ3) is 4.32. The maximum Gasteiger partial charge on any atom is 0.426 e. The zero-order valence-corrected chi connectivity index (χ0v) is 9.11. The van der Waals surface area contributed by atoms with Gasteiger partial charge < -0.3 is 14.2 Å². The zero-order chi connectivity index (χ0) is 13.7. The van der Waals surface area contributed by atoms with Crippen LogP contribution >= 0.6 is 0 Å². The van der Waals surface area contributed by atoms with Crippen LogP contribution in [0.25, 0.3) is 0 Å². The van der Waals surface area contributed by atoms with Gasteiger partial charge in [-0.25, -0.2) is 0 Å². The van der Waals surface area contributed by atoms with E-state index in [9.17, 15) is 26.3 Å². The topological polar surface area (TPSA) is 27.7 Å². The smallest absolute Gasteiger partial charge is 0.382 e. The van der Waals surface area contributed by atoms with E-state index in [4.69, 9.17) is 0 Å². The highest BCUT2D eigenvalue weighted by Gasteiger charge is 2.69. The predicted octanol–water partition coefficient (Wildman–Crippen LogP) is 2.51. The summed E-state index contributed by atoms with van der Waals surface area (Å²) >= 11 is 0. The minimum absolute atomic E-state index is 0.0398. The number of hydrogen-bond donors (Lipinski definition) is 0. The summed E-state index contributed by atoms with van der Waals surface area (Å²) in [5.41, 5.74) is -4.24. The Morgan fingerprint density at radius 3 is 1.71 bits per heavy atom. The van der Waals surface area contributed by atoms with Crippen molar-refractivity contribution >= 4 is 0 Å². The van der Waals surface area contributed by atoms with Crippen LogP contribution in [-0.4, -0.2) is 45.1 Å². The molecule has 0 aliphatic heterocycles. The van der Waals surface area contributed by atoms with E-state index in [0.717, 1.165) is 0 Å². The molecule has 17 heavy (non-hydrogen) atoms. The number of hydrogen-bond acceptors (Lipinski definition) is 3. The Balaban J connectivity index is 4.44. The SMILES string of the molecule is COCCOCOC(C)(C(F)(F)F)C(F)(F)F. The van der Waals surface area contributed by atoms with Gasteiger partial charge in [0, 0.05) is 7.11 Å². The summed E-state index contributed by atoms with van der Waals surface area (Å²) in [4.78, 5) is 0. The molecule has 0 unspecified atom stereocenters. The lowest BCUT2D eigenvalue weighted by Gasteiger charge is -2.33. The van der Waals surface area contributed by atoms with Crippen molar-refractivity contribution in [1.29, 1.82) is 0 Å². The second-order valence-corrected chi connectivity index (χ2v) is 3.19. The van der Waals surface area contributed by atoms with Gasteiger partial charge in [-0.2, -0.15) is 26.3 Å². The second kappa shape index (κ2) is 5.87. The third-order valence-electron chi connectivity index (χ3n) is 1.94. The van der Waals surface area contributed by atoms with Crippen molar-refractivity contribution in [1.82, 2.24) is 0 Å². The van der Waals surface area contributed by atoms with Crippen LogP contribution < -0.4 is 0 Å². The summed E-state index contributed by atoms with van der Waals surface area (Å²) in [6.45, 7) is -1.34. The van der Waals surface area contributed by atoms with Gasteiger partial charge in [0.2, 0.25) is 0 Å². The molecule has 0 N–H and O–H groups in total. The van der Waals surface area contributed by atoms with Gasteiger partial charge >= 0.3 is 12.4 Å². The molecule has 104 valence electrons. The van der Waals surface area contributed by atoms with Crippen molar-refractivity contribution in [3.8, 4) is 0 Å². The minimum Gasteiger partial charge on any atom is -0.382 e.